The highest BCUT2D eigenvalue weighted by atomic mass is 127. The summed E-state index contributed by atoms with van der Waals surface area (Å²) >= 11 is 2.25. The Balaban J connectivity index is 2.04. The lowest BCUT2D eigenvalue weighted by Gasteiger charge is -1.99. The van der Waals surface area contributed by atoms with E-state index < -0.39 is 0 Å². The van der Waals surface area contributed by atoms with Crippen molar-refractivity contribution in [2.24, 2.45) is 0 Å². The molecular formula is C15H11IN2O2. The van der Waals surface area contributed by atoms with E-state index in [1.165, 1.54) is 6.92 Å². The molecule has 0 atom stereocenters. The highest BCUT2D eigenvalue weighted by Gasteiger charge is 2.09. The van der Waals surface area contributed by atoms with E-state index in [1.54, 1.807) is 12.1 Å². The number of halogens is 1. The number of hydrogen-bond donors (Lipinski definition) is 1. The minimum Gasteiger partial charge on any atom is -0.436 e. The SMILES string of the molecule is CC(=O)Nc1ccc2oc(-c3cccc(I)c3)nc2c1. The minimum absolute atomic E-state index is 0.106. The van der Waals surface area contributed by atoms with E-state index in [0.717, 1.165) is 14.7 Å². The molecule has 0 radical (unpaired) electrons. The van der Waals surface area contributed by atoms with Gasteiger partial charge in [-0.2, -0.15) is 0 Å². The number of rotatable bonds is 2. The van der Waals surface area contributed by atoms with Gasteiger partial charge in [0.1, 0.15) is 5.52 Å². The fourth-order valence-corrected chi connectivity index (χ4v) is 2.50. The molecule has 5 heteroatoms. The second-order valence-electron chi connectivity index (χ2n) is 4.39. The molecule has 1 amide bonds. The van der Waals surface area contributed by atoms with Gasteiger partial charge in [0.05, 0.1) is 0 Å². The Morgan fingerprint density at radius 2 is 2.10 bits per heavy atom. The van der Waals surface area contributed by atoms with Crippen LogP contribution in [0.1, 0.15) is 6.92 Å². The summed E-state index contributed by atoms with van der Waals surface area (Å²) in [5, 5.41) is 2.73. The molecule has 0 bridgehead atoms. The first-order chi connectivity index (χ1) is 9.61. The molecule has 0 saturated carbocycles. The van der Waals surface area contributed by atoms with Gasteiger partial charge in [0.15, 0.2) is 5.58 Å². The van der Waals surface area contributed by atoms with Crippen LogP contribution < -0.4 is 5.32 Å². The van der Waals surface area contributed by atoms with Gasteiger partial charge in [-0.15, -0.1) is 0 Å². The summed E-state index contributed by atoms with van der Waals surface area (Å²) in [6.45, 7) is 1.48. The van der Waals surface area contributed by atoms with Gasteiger partial charge in [-0.3, -0.25) is 4.79 Å². The van der Waals surface area contributed by atoms with E-state index in [0.29, 0.717) is 17.2 Å². The first-order valence-electron chi connectivity index (χ1n) is 6.06. The molecule has 1 heterocycles. The van der Waals surface area contributed by atoms with Crippen LogP contribution in [0.2, 0.25) is 0 Å². The molecule has 0 aliphatic heterocycles. The molecule has 100 valence electrons. The van der Waals surface area contributed by atoms with Crippen molar-refractivity contribution in [3.63, 3.8) is 0 Å². The highest BCUT2D eigenvalue weighted by Crippen LogP contribution is 2.27. The van der Waals surface area contributed by atoms with Crippen molar-refractivity contribution in [3.8, 4) is 11.5 Å². The van der Waals surface area contributed by atoms with Gasteiger partial charge in [-0.05, 0) is 59.0 Å². The standard InChI is InChI=1S/C15H11IN2O2/c1-9(19)17-12-5-6-14-13(8-12)18-15(20-14)10-3-2-4-11(16)7-10/h2-8H,1H3,(H,17,19). The molecule has 1 N–H and O–H groups in total. The van der Waals surface area contributed by atoms with Crippen molar-refractivity contribution in [1.82, 2.24) is 4.98 Å². The van der Waals surface area contributed by atoms with Crippen molar-refractivity contribution in [2.75, 3.05) is 5.32 Å². The number of fused-ring (bicyclic) bond motifs is 1. The zero-order valence-electron chi connectivity index (χ0n) is 10.7. The monoisotopic (exact) mass is 378 g/mol. The zero-order valence-corrected chi connectivity index (χ0v) is 12.8. The molecule has 4 nitrogen and oxygen atoms in total. The van der Waals surface area contributed by atoms with E-state index in [9.17, 15) is 4.79 Å². The maximum absolute atomic E-state index is 11.1. The quantitative estimate of drug-likeness (QED) is 0.685. The predicted octanol–water partition coefficient (Wildman–Crippen LogP) is 4.06. The van der Waals surface area contributed by atoms with Gasteiger partial charge in [-0.25, -0.2) is 4.98 Å². The van der Waals surface area contributed by atoms with Gasteiger partial charge in [-0.1, -0.05) is 6.07 Å². The molecule has 0 saturated heterocycles. The summed E-state index contributed by atoms with van der Waals surface area (Å²) in [4.78, 5) is 15.5. The number of hydrogen-bond acceptors (Lipinski definition) is 3. The average molecular weight is 378 g/mol. The summed E-state index contributed by atoms with van der Waals surface area (Å²) in [5.41, 5.74) is 3.08. The number of amides is 1. The Morgan fingerprint density at radius 1 is 1.25 bits per heavy atom. The van der Waals surface area contributed by atoms with Crippen molar-refractivity contribution in [3.05, 3.63) is 46.0 Å². The van der Waals surface area contributed by atoms with E-state index in [1.807, 2.05) is 30.3 Å². The first kappa shape index (κ1) is 13.1. The summed E-state index contributed by atoms with van der Waals surface area (Å²) in [6.07, 6.45) is 0. The number of benzene rings is 2. The van der Waals surface area contributed by atoms with Gasteiger partial charge in [0.25, 0.3) is 0 Å². The van der Waals surface area contributed by atoms with Gasteiger partial charge in [0.2, 0.25) is 11.8 Å². The molecule has 20 heavy (non-hydrogen) atoms. The molecule has 3 rings (SSSR count). The molecule has 0 aliphatic rings. The zero-order chi connectivity index (χ0) is 14.1. The lowest BCUT2D eigenvalue weighted by Crippen LogP contribution is -2.05. The maximum atomic E-state index is 11.1. The van der Waals surface area contributed by atoms with Crippen LogP contribution in [-0.4, -0.2) is 10.9 Å². The van der Waals surface area contributed by atoms with Crippen molar-refractivity contribution in [2.45, 2.75) is 6.92 Å². The molecule has 2 aromatic carbocycles. The van der Waals surface area contributed by atoms with Gasteiger partial charge < -0.3 is 9.73 Å². The second-order valence-corrected chi connectivity index (χ2v) is 5.64. The number of carbonyl (C=O) groups is 1. The molecule has 0 unspecified atom stereocenters. The number of carbonyl (C=O) groups excluding carboxylic acids is 1. The first-order valence-corrected chi connectivity index (χ1v) is 7.14. The normalized spacial score (nSPS) is 10.7. The molecule has 1 aromatic heterocycles. The fraction of sp³-hybridized carbons (Fsp3) is 0.0667. The van der Waals surface area contributed by atoms with Crippen LogP contribution in [0.3, 0.4) is 0 Å². The third-order valence-corrected chi connectivity index (χ3v) is 3.45. The van der Waals surface area contributed by atoms with Crippen LogP contribution in [0, 0.1) is 3.57 Å². The Morgan fingerprint density at radius 3 is 2.85 bits per heavy atom. The van der Waals surface area contributed by atoms with E-state index in [4.69, 9.17) is 4.42 Å². The largest absolute Gasteiger partial charge is 0.436 e. The number of oxazole rings is 1. The van der Waals surface area contributed by atoms with Gasteiger partial charge in [0, 0.05) is 21.7 Å². The number of anilines is 1. The highest BCUT2D eigenvalue weighted by molar-refractivity contribution is 14.1. The van der Waals surface area contributed by atoms with Crippen LogP contribution in [-0.2, 0) is 4.79 Å². The summed E-state index contributed by atoms with van der Waals surface area (Å²) < 4.78 is 6.87. The molecular weight excluding hydrogens is 367 g/mol. The fourth-order valence-electron chi connectivity index (χ4n) is 1.95. The Kier molecular flexibility index (Phi) is 3.43. The summed E-state index contributed by atoms with van der Waals surface area (Å²) in [5.74, 6) is 0.476. The minimum atomic E-state index is -0.106. The number of nitrogens with zero attached hydrogens (tertiary/aromatic N) is 1. The van der Waals surface area contributed by atoms with Crippen molar-refractivity contribution >= 4 is 45.3 Å². The van der Waals surface area contributed by atoms with E-state index >= 15 is 0 Å². The van der Waals surface area contributed by atoms with Crippen LogP contribution >= 0.6 is 22.6 Å². The van der Waals surface area contributed by atoms with Crippen LogP contribution in [0.5, 0.6) is 0 Å². The summed E-state index contributed by atoms with van der Waals surface area (Å²) in [6, 6.07) is 13.4. The Hall–Kier alpha value is -1.89. The molecule has 0 aliphatic carbocycles. The van der Waals surface area contributed by atoms with Gasteiger partial charge >= 0.3 is 0 Å². The molecule has 0 spiro atoms. The lowest BCUT2D eigenvalue weighted by molar-refractivity contribution is -0.114. The molecule has 0 fully saturated rings. The van der Waals surface area contributed by atoms with E-state index in [2.05, 4.69) is 32.9 Å². The number of nitrogens with one attached hydrogen (secondary N) is 1. The maximum Gasteiger partial charge on any atom is 0.227 e. The third kappa shape index (κ3) is 2.67. The smallest absolute Gasteiger partial charge is 0.227 e. The molecule has 3 aromatic rings. The predicted molar refractivity (Wildman–Crippen MR) is 86.5 cm³/mol. The van der Waals surface area contributed by atoms with Crippen LogP contribution in [0.4, 0.5) is 5.69 Å². The number of aromatic nitrogens is 1. The van der Waals surface area contributed by atoms with Crippen molar-refractivity contribution in [1.29, 1.82) is 0 Å². The summed E-state index contributed by atoms with van der Waals surface area (Å²) in [7, 11) is 0. The van der Waals surface area contributed by atoms with Crippen LogP contribution in [0.15, 0.2) is 46.9 Å². The topological polar surface area (TPSA) is 55.1 Å². The third-order valence-electron chi connectivity index (χ3n) is 2.78. The lowest BCUT2D eigenvalue weighted by atomic mass is 10.2. The second kappa shape index (κ2) is 5.24. The average Bonchev–Trinajstić information content (AvgIpc) is 2.81. The Bertz CT molecular complexity index is 795. The van der Waals surface area contributed by atoms with Crippen LogP contribution in [0.25, 0.3) is 22.6 Å². The van der Waals surface area contributed by atoms with E-state index in [-0.39, 0.29) is 5.91 Å². The Labute approximate surface area is 129 Å². The van der Waals surface area contributed by atoms with Crippen molar-refractivity contribution < 1.29 is 9.21 Å².